The molecule has 104 valence electrons. The molecule has 0 bridgehead atoms. The van der Waals surface area contributed by atoms with Gasteiger partial charge in [-0.1, -0.05) is 6.07 Å². The Hall–Kier alpha value is -2.12. The minimum atomic E-state index is -5.10. The molecule has 19 heavy (non-hydrogen) atoms. The van der Waals surface area contributed by atoms with Gasteiger partial charge in [-0.2, -0.15) is 13.2 Å². The molecule has 0 aromatic heterocycles. The number of amides is 1. The van der Waals surface area contributed by atoms with E-state index in [0.717, 1.165) is 12.1 Å². The second kappa shape index (κ2) is 5.68. The molecule has 0 heterocycles. The van der Waals surface area contributed by atoms with Crippen LogP contribution in [-0.2, 0) is 16.0 Å². The number of hydrogen-bond acceptors (Lipinski definition) is 2. The minimum absolute atomic E-state index is 0.0414. The number of aliphatic carboxylic acids is 1. The quantitative estimate of drug-likeness (QED) is 0.831. The van der Waals surface area contributed by atoms with E-state index < -0.39 is 29.6 Å². The Morgan fingerprint density at radius 2 is 1.89 bits per heavy atom. The van der Waals surface area contributed by atoms with E-state index in [1.165, 1.54) is 11.4 Å². The van der Waals surface area contributed by atoms with Gasteiger partial charge in [0.25, 0.3) is 0 Å². The molecule has 0 unspecified atom stereocenters. The van der Waals surface area contributed by atoms with Crippen LogP contribution in [0, 0.1) is 5.82 Å². The monoisotopic (exact) mass is 279 g/mol. The summed E-state index contributed by atoms with van der Waals surface area (Å²) >= 11 is 0. The third-order valence-corrected chi connectivity index (χ3v) is 2.17. The van der Waals surface area contributed by atoms with Crippen molar-refractivity contribution in [3.8, 4) is 0 Å². The number of anilines is 1. The number of hydrogen-bond donors (Lipinski definition) is 2. The van der Waals surface area contributed by atoms with Crippen molar-refractivity contribution in [3.05, 3.63) is 29.6 Å². The maximum Gasteiger partial charge on any atom is 0.471 e. The summed E-state index contributed by atoms with van der Waals surface area (Å²) in [6.07, 6.45) is -5.29. The number of carboxylic acid groups (broad SMARTS) is 1. The van der Waals surface area contributed by atoms with Gasteiger partial charge in [0.05, 0.1) is 5.69 Å². The molecule has 0 atom stereocenters. The molecular weight excluding hydrogens is 270 g/mol. The SMILES string of the molecule is O=C(O)CCc1ccc(NC(=O)C(F)(F)F)c(F)c1. The van der Waals surface area contributed by atoms with Crippen LogP contribution in [0.5, 0.6) is 0 Å². The second-order valence-corrected chi connectivity index (χ2v) is 3.66. The zero-order valence-corrected chi connectivity index (χ0v) is 9.42. The summed E-state index contributed by atoms with van der Waals surface area (Å²) in [7, 11) is 0. The second-order valence-electron chi connectivity index (χ2n) is 3.66. The number of rotatable bonds is 4. The Morgan fingerprint density at radius 3 is 2.37 bits per heavy atom. The van der Waals surface area contributed by atoms with Gasteiger partial charge in [-0.3, -0.25) is 9.59 Å². The highest BCUT2D eigenvalue weighted by Gasteiger charge is 2.39. The summed E-state index contributed by atoms with van der Waals surface area (Å²) in [6.45, 7) is 0. The van der Waals surface area contributed by atoms with E-state index in [4.69, 9.17) is 5.11 Å². The van der Waals surface area contributed by atoms with Crippen molar-refractivity contribution in [2.75, 3.05) is 5.32 Å². The van der Waals surface area contributed by atoms with Gasteiger partial charge in [-0.05, 0) is 24.1 Å². The number of benzene rings is 1. The van der Waals surface area contributed by atoms with Crippen LogP contribution in [0.4, 0.5) is 23.2 Å². The lowest BCUT2D eigenvalue weighted by molar-refractivity contribution is -0.167. The Labute approximate surface area is 105 Å². The topological polar surface area (TPSA) is 66.4 Å². The average molecular weight is 279 g/mol. The maximum atomic E-state index is 13.4. The molecule has 8 heteroatoms. The fourth-order valence-electron chi connectivity index (χ4n) is 1.26. The summed E-state index contributed by atoms with van der Waals surface area (Å²) in [5, 5.41) is 9.82. The summed E-state index contributed by atoms with van der Waals surface area (Å²) in [5.41, 5.74) is -0.300. The molecule has 0 saturated heterocycles. The molecule has 0 saturated carbocycles. The largest absolute Gasteiger partial charge is 0.481 e. The molecular formula is C11H9F4NO3. The van der Waals surface area contributed by atoms with E-state index in [1.54, 1.807) is 0 Å². The highest BCUT2D eigenvalue weighted by Crippen LogP contribution is 2.21. The van der Waals surface area contributed by atoms with Crippen LogP contribution in [0.1, 0.15) is 12.0 Å². The number of carboxylic acids is 1. The Bertz CT molecular complexity index is 499. The summed E-state index contributed by atoms with van der Waals surface area (Å²) in [5.74, 6) is -4.40. The third-order valence-electron chi connectivity index (χ3n) is 2.17. The predicted octanol–water partition coefficient (Wildman–Crippen LogP) is 2.34. The van der Waals surface area contributed by atoms with Crippen LogP contribution in [0.25, 0.3) is 0 Å². The molecule has 0 spiro atoms. The van der Waals surface area contributed by atoms with Gasteiger partial charge in [-0.15, -0.1) is 0 Å². The lowest BCUT2D eigenvalue weighted by atomic mass is 10.1. The van der Waals surface area contributed by atoms with E-state index >= 15 is 0 Å². The first-order chi connectivity index (χ1) is 8.70. The number of aryl methyl sites for hydroxylation is 1. The fourth-order valence-corrected chi connectivity index (χ4v) is 1.26. The van der Waals surface area contributed by atoms with Crippen molar-refractivity contribution in [1.29, 1.82) is 0 Å². The molecule has 0 radical (unpaired) electrons. The van der Waals surface area contributed by atoms with Gasteiger partial charge in [0.2, 0.25) is 0 Å². The Balaban J connectivity index is 2.78. The number of carbonyl (C=O) groups is 2. The van der Waals surface area contributed by atoms with Crippen LogP contribution >= 0.6 is 0 Å². The number of nitrogens with one attached hydrogen (secondary N) is 1. The van der Waals surface area contributed by atoms with Crippen LogP contribution in [0.3, 0.4) is 0 Å². The van der Waals surface area contributed by atoms with Gasteiger partial charge in [-0.25, -0.2) is 4.39 Å². The molecule has 0 aliphatic rings. The fraction of sp³-hybridized carbons (Fsp3) is 0.273. The van der Waals surface area contributed by atoms with Crippen molar-refractivity contribution >= 4 is 17.6 Å². The predicted molar refractivity (Wildman–Crippen MR) is 57.0 cm³/mol. The lowest BCUT2D eigenvalue weighted by Crippen LogP contribution is -2.30. The Kier molecular flexibility index (Phi) is 4.47. The van der Waals surface area contributed by atoms with Gasteiger partial charge >= 0.3 is 18.1 Å². The zero-order valence-electron chi connectivity index (χ0n) is 9.42. The Morgan fingerprint density at radius 1 is 1.26 bits per heavy atom. The van der Waals surface area contributed by atoms with Gasteiger partial charge in [0.1, 0.15) is 5.82 Å². The maximum absolute atomic E-state index is 13.4. The molecule has 0 aliphatic heterocycles. The summed E-state index contributed by atoms with van der Waals surface area (Å²) < 4.78 is 49.3. The molecule has 1 aromatic rings. The molecule has 1 aromatic carbocycles. The molecule has 0 aliphatic carbocycles. The molecule has 0 fully saturated rings. The third kappa shape index (κ3) is 4.57. The van der Waals surface area contributed by atoms with Crippen LogP contribution in [-0.4, -0.2) is 23.2 Å². The first kappa shape index (κ1) is 14.9. The minimum Gasteiger partial charge on any atom is -0.481 e. The van der Waals surface area contributed by atoms with Crippen molar-refractivity contribution in [3.63, 3.8) is 0 Å². The van der Waals surface area contributed by atoms with E-state index in [2.05, 4.69) is 0 Å². The van der Waals surface area contributed by atoms with Gasteiger partial charge in [0, 0.05) is 6.42 Å². The first-order valence-corrected chi connectivity index (χ1v) is 5.08. The average Bonchev–Trinajstić information content (AvgIpc) is 2.28. The number of alkyl halides is 3. The first-order valence-electron chi connectivity index (χ1n) is 5.08. The normalized spacial score (nSPS) is 11.2. The van der Waals surface area contributed by atoms with E-state index in [9.17, 15) is 27.2 Å². The van der Waals surface area contributed by atoms with Crippen molar-refractivity contribution in [2.24, 2.45) is 0 Å². The smallest absolute Gasteiger partial charge is 0.471 e. The highest BCUT2D eigenvalue weighted by molar-refractivity contribution is 5.95. The van der Waals surface area contributed by atoms with Crippen molar-refractivity contribution in [2.45, 2.75) is 19.0 Å². The van der Waals surface area contributed by atoms with Crippen LogP contribution in [0.2, 0.25) is 0 Å². The standard InChI is InChI=1S/C11H9F4NO3/c12-7-5-6(2-4-9(17)18)1-3-8(7)16-10(19)11(13,14)15/h1,3,5H,2,4H2,(H,16,19)(H,17,18). The van der Waals surface area contributed by atoms with E-state index in [0.29, 0.717) is 5.56 Å². The molecule has 2 N–H and O–H groups in total. The van der Waals surface area contributed by atoms with Crippen LogP contribution in [0.15, 0.2) is 18.2 Å². The van der Waals surface area contributed by atoms with Gasteiger partial charge in [0.15, 0.2) is 0 Å². The van der Waals surface area contributed by atoms with E-state index in [-0.39, 0.29) is 12.8 Å². The number of halogens is 4. The van der Waals surface area contributed by atoms with Crippen molar-refractivity contribution < 1.29 is 32.3 Å². The number of carbonyl (C=O) groups excluding carboxylic acids is 1. The summed E-state index contributed by atoms with van der Waals surface area (Å²) in [4.78, 5) is 20.9. The highest BCUT2D eigenvalue weighted by atomic mass is 19.4. The van der Waals surface area contributed by atoms with E-state index in [1.807, 2.05) is 0 Å². The van der Waals surface area contributed by atoms with Gasteiger partial charge < -0.3 is 10.4 Å². The van der Waals surface area contributed by atoms with Crippen molar-refractivity contribution in [1.82, 2.24) is 0 Å². The van der Waals surface area contributed by atoms with Crippen LogP contribution < -0.4 is 5.32 Å². The molecule has 4 nitrogen and oxygen atoms in total. The summed E-state index contributed by atoms with van der Waals surface area (Å²) in [6, 6.07) is 3.09. The molecule has 1 amide bonds. The molecule has 1 rings (SSSR count). The zero-order chi connectivity index (χ0) is 14.6. The lowest BCUT2D eigenvalue weighted by Gasteiger charge is -2.09.